The van der Waals surface area contributed by atoms with Gasteiger partial charge in [0.25, 0.3) is 0 Å². The molecule has 1 aromatic carbocycles. The van der Waals surface area contributed by atoms with E-state index < -0.39 is 6.10 Å². The summed E-state index contributed by atoms with van der Waals surface area (Å²) in [7, 11) is 1.60. The van der Waals surface area contributed by atoms with E-state index in [1.54, 1.807) is 27.0 Å². The normalized spacial score (nSPS) is 11.8. The minimum absolute atomic E-state index is 0.351. The fourth-order valence-electron chi connectivity index (χ4n) is 1.44. The molecule has 0 fully saturated rings. The van der Waals surface area contributed by atoms with E-state index in [0.717, 1.165) is 11.3 Å². The number of carbonyl (C=O) groups is 1. The first kappa shape index (κ1) is 13.4. The van der Waals surface area contributed by atoms with E-state index in [1.165, 1.54) is 0 Å². The van der Waals surface area contributed by atoms with Gasteiger partial charge in [0.05, 0.1) is 13.7 Å². The molecule has 1 rings (SSSR count). The third-order valence-electron chi connectivity index (χ3n) is 2.38. The van der Waals surface area contributed by atoms with Gasteiger partial charge in [0.1, 0.15) is 11.5 Å². The summed E-state index contributed by atoms with van der Waals surface area (Å²) in [5.74, 6) is 0.998. The van der Waals surface area contributed by atoms with Gasteiger partial charge in [-0.25, -0.2) is 4.79 Å². The molecule has 0 aliphatic carbocycles. The summed E-state index contributed by atoms with van der Waals surface area (Å²) in [5.41, 5.74) is 0.867. The van der Waals surface area contributed by atoms with Crippen LogP contribution in [0.5, 0.6) is 11.5 Å². The molecule has 0 N–H and O–H groups in total. The summed E-state index contributed by atoms with van der Waals surface area (Å²) < 4.78 is 15.6. The maximum absolute atomic E-state index is 11.4. The lowest BCUT2D eigenvalue weighted by Crippen LogP contribution is -2.26. The van der Waals surface area contributed by atoms with Crippen molar-refractivity contribution in [3.63, 3.8) is 0 Å². The van der Waals surface area contributed by atoms with Crippen molar-refractivity contribution in [1.29, 1.82) is 0 Å². The number of ether oxygens (including phenoxy) is 3. The zero-order chi connectivity index (χ0) is 12.8. The Balaban J connectivity index is 2.78. The number of benzene rings is 1. The average Bonchev–Trinajstić information content (AvgIpc) is 2.32. The van der Waals surface area contributed by atoms with E-state index in [9.17, 15) is 4.79 Å². The fourth-order valence-corrected chi connectivity index (χ4v) is 1.44. The molecule has 0 aliphatic heterocycles. The zero-order valence-electron chi connectivity index (χ0n) is 10.6. The molecule has 0 saturated heterocycles. The zero-order valence-corrected chi connectivity index (χ0v) is 10.6. The first-order valence-corrected chi connectivity index (χ1v) is 5.57. The van der Waals surface area contributed by atoms with Crippen molar-refractivity contribution >= 4 is 5.97 Å². The van der Waals surface area contributed by atoms with Gasteiger partial charge in [0, 0.05) is 5.56 Å². The second-order valence-corrected chi connectivity index (χ2v) is 3.60. The van der Waals surface area contributed by atoms with Crippen molar-refractivity contribution in [2.45, 2.75) is 26.9 Å². The Kier molecular flexibility index (Phi) is 4.82. The first-order valence-electron chi connectivity index (χ1n) is 5.57. The van der Waals surface area contributed by atoms with Crippen LogP contribution in [0.1, 0.15) is 19.4 Å². The molecule has 0 amide bonds. The molecule has 1 aromatic rings. The van der Waals surface area contributed by atoms with Crippen LogP contribution < -0.4 is 9.47 Å². The van der Waals surface area contributed by atoms with E-state index in [4.69, 9.17) is 14.2 Å². The van der Waals surface area contributed by atoms with E-state index >= 15 is 0 Å². The molecule has 0 bridgehead atoms. The first-order chi connectivity index (χ1) is 8.10. The van der Waals surface area contributed by atoms with E-state index in [0.29, 0.717) is 12.4 Å². The molecule has 0 radical (unpaired) electrons. The van der Waals surface area contributed by atoms with Crippen molar-refractivity contribution in [2.75, 3.05) is 13.7 Å². The Morgan fingerprint density at radius 1 is 1.35 bits per heavy atom. The van der Waals surface area contributed by atoms with Gasteiger partial charge < -0.3 is 14.2 Å². The van der Waals surface area contributed by atoms with Gasteiger partial charge in [0.2, 0.25) is 0 Å². The van der Waals surface area contributed by atoms with Crippen LogP contribution in [0.15, 0.2) is 18.2 Å². The fraction of sp³-hybridized carbons (Fsp3) is 0.462. The molecular weight excluding hydrogens is 220 g/mol. The molecule has 4 nitrogen and oxygen atoms in total. The molecule has 0 unspecified atom stereocenters. The van der Waals surface area contributed by atoms with Crippen molar-refractivity contribution < 1.29 is 19.0 Å². The molecule has 94 valence electrons. The Morgan fingerprint density at radius 3 is 2.59 bits per heavy atom. The van der Waals surface area contributed by atoms with E-state index in [1.807, 2.05) is 19.1 Å². The standard InChI is InChI=1S/C13H18O4/c1-5-16-13(14)10(3)17-12-8-6-7-11(15-4)9(12)2/h6-8,10H,5H2,1-4H3/t10-/m0/s1. The maximum Gasteiger partial charge on any atom is 0.347 e. The molecule has 0 heterocycles. The van der Waals surface area contributed by atoms with Crippen LogP contribution in [0.4, 0.5) is 0 Å². The lowest BCUT2D eigenvalue weighted by Gasteiger charge is -2.16. The van der Waals surface area contributed by atoms with Gasteiger partial charge in [-0.2, -0.15) is 0 Å². The molecule has 4 heteroatoms. The lowest BCUT2D eigenvalue weighted by atomic mass is 10.2. The number of hydrogen-bond acceptors (Lipinski definition) is 4. The highest BCUT2D eigenvalue weighted by atomic mass is 16.6. The van der Waals surface area contributed by atoms with Crippen molar-refractivity contribution in [1.82, 2.24) is 0 Å². The van der Waals surface area contributed by atoms with Crippen LogP contribution in [-0.4, -0.2) is 25.8 Å². The predicted molar refractivity (Wildman–Crippen MR) is 64.5 cm³/mol. The van der Waals surface area contributed by atoms with Gasteiger partial charge in [-0.15, -0.1) is 0 Å². The molecule has 0 saturated carbocycles. The Labute approximate surface area is 101 Å². The third-order valence-corrected chi connectivity index (χ3v) is 2.38. The van der Waals surface area contributed by atoms with Gasteiger partial charge in [-0.1, -0.05) is 6.07 Å². The monoisotopic (exact) mass is 238 g/mol. The van der Waals surface area contributed by atoms with E-state index in [2.05, 4.69) is 0 Å². The summed E-state index contributed by atoms with van der Waals surface area (Å²) in [6.45, 7) is 5.66. The second kappa shape index (κ2) is 6.13. The third kappa shape index (κ3) is 3.37. The van der Waals surface area contributed by atoms with Crippen LogP contribution >= 0.6 is 0 Å². The number of carbonyl (C=O) groups excluding carboxylic acids is 1. The number of hydrogen-bond donors (Lipinski definition) is 0. The minimum atomic E-state index is -0.624. The van der Waals surface area contributed by atoms with Gasteiger partial charge >= 0.3 is 5.97 Å². The molecule has 0 aromatic heterocycles. The highest BCUT2D eigenvalue weighted by molar-refractivity contribution is 5.74. The number of methoxy groups -OCH3 is 1. The maximum atomic E-state index is 11.4. The lowest BCUT2D eigenvalue weighted by molar-refractivity contribution is -0.150. The summed E-state index contributed by atoms with van der Waals surface area (Å²) >= 11 is 0. The minimum Gasteiger partial charge on any atom is -0.496 e. The van der Waals surface area contributed by atoms with Crippen molar-refractivity contribution in [3.8, 4) is 11.5 Å². The van der Waals surface area contributed by atoms with Crippen LogP contribution in [-0.2, 0) is 9.53 Å². The van der Waals surface area contributed by atoms with Gasteiger partial charge in [-0.3, -0.25) is 0 Å². The van der Waals surface area contributed by atoms with Crippen molar-refractivity contribution in [2.24, 2.45) is 0 Å². The Hall–Kier alpha value is -1.71. The van der Waals surface area contributed by atoms with E-state index in [-0.39, 0.29) is 5.97 Å². The second-order valence-electron chi connectivity index (χ2n) is 3.60. The molecule has 1 atom stereocenters. The Morgan fingerprint density at radius 2 is 2.00 bits per heavy atom. The summed E-state index contributed by atoms with van der Waals surface area (Å²) in [6, 6.07) is 5.46. The number of rotatable bonds is 5. The largest absolute Gasteiger partial charge is 0.496 e. The quantitative estimate of drug-likeness (QED) is 0.738. The molecule has 0 spiro atoms. The SMILES string of the molecule is CCOC(=O)[C@H](C)Oc1cccc(OC)c1C. The molecule has 0 aliphatic rings. The molecular formula is C13H18O4. The van der Waals surface area contributed by atoms with Crippen molar-refractivity contribution in [3.05, 3.63) is 23.8 Å². The predicted octanol–water partition coefficient (Wildman–Crippen LogP) is 2.33. The smallest absolute Gasteiger partial charge is 0.347 e. The van der Waals surface area contributed by atoms with Crippen LogP contribution in [0.2, 0.25) is 0 Å². The summed E-state index contributed by atoms with van der Waals surface area (Å²) in [6.07, 6.45) is -0.624. The average molecular weight is 238 g/mol. The van der Waals surface area contributed by atoms with Crippen LogP contribution in [0, 0.1) is 6.92 Å². The highest BCUT2D eigenvalue weighted by Gasteiger charge is 2.17. The summed E-state index contributed by atoms with van der Waals surface area (Å²) in [4.78, 5) is 11.4. The summed E-state index contributed by atoms with van der Waals surface area (Å²) in [5, 5.41) is 0. The van der Waals surface area contributed by atoms with Gasteiger partial charge in [-0.05, 0) is 32.9 Å². The van der Waals surface area contributed by atoms with Crippen LogP contribution in [0.25, 0.3) is 0 Å². The topological polar surface area (TPSA) is 44.8 Å². The molecule has 17 heavy (non-hydrogen) atoms. The van der Waals surface area contributed by atoms with Crippen LogP contribution in [0.3, 0.4) is 0 Å². The highest BCUT2D eigenvalue weighted by Crippen LogP contribution is 2.27. The number of esters is 1. The Bertz CT molecular complexity index is 387. The van der Waals surface area contributed by atoms with Gasteiger partial charge in [0.15, 0.2) is 6.10 Å².